The predicted molar refractivity (Wildman–Crippen MR) is 34.9 cm³/mol. The molecule has 44 valence electrons. The van der Waals surface area contributed by atoms with Gasteiger partial charge in [0.2, 0.25) is 0 Å². The standard InChI is InChI=1S/C4H9ClOS/c1-2-7-3-4(5)6/h4,6H,2-3H2,1H3. The molecule has 1 N–H and O–H groups in total. The molecule has 0 aromatic rings. The number of hydrogen-bond acceptors (Lipinski definition) is 2. The second-order valence-electron chi connectivity index (χ2n) is 1.09. The average Bonchev–Trinajstić information content (AvgIpc) is 1.61. The van der Waals surface area contributed by atoms with E-state index in [9.17, 15) is 0 Å². The Bertz CT molecular complexity index is 40.7. The zero-order chi connectivity index (χ0) is 5.70. The Morgan fingerprint density at radius 2 is 2.43 bits per heavy atom. The monoisotopic (exact) mass is 140 g/mol. The van der Waals surface area contributed by atoms with E-state index >= 15 is 0 Å². The van der Waals surface area contributed by atoms with E-state index in [2.05, 4.69) is 0 Å². The Morgan fingerprint density at radius 3 is 2.57 bits per heavy atom. The van der Waals surface area contributed by atoms with E-state index in [0.717, 1.165) is 5.75 Å². The summed E-state index contributed by atoms with van der Waals surface area (Å²) >= 11 is 6.83. The minimum Gasteiger partial charge on any atom is -0.377 e. The molecule has 0 fully saturated rings. The van der Waals surface area contributed by atoms with Crippen molar-refractivity contribution in [2.45, 2.75) is 12.5 Å². The summed E-state index contributed by atoms with van der Waals surface area (Å²) in [7, 11) is 0. The van der Waals surface area contributed by atoms with Gasteiger partial charge in [-0.05, 0) is 5.75 Å². The molecular weight excluding hydrogens is 132 g/mol. The number of alkyl halides is 1. The van der Waals surface area contributed by atoms with Crippen molar-refractivity contribution in [2.75, 3.05) is 11.5 Å². The van der Waals surface area contributed by atoms with Crippen molar-refractivity contribution >= 4 is 23.4 Å². The van der Waals surface area contributed by atoms with Crippen LogP contribution >= 0.6 is 23.4 Å². The van der Waals surface area contributed by atoms with Gasteiger partial charge in [0.25, 0.3) is 0 Å². The second-order valence-corrected chi connectivity index (χ2v) is 2.92. The van der Waals surface area contributed by atoms with Crippen LogP contribution in [-0.4, -0.2) is 22.2 Å². The van der Waals surface area contributed by atoms with E-state index in [4.69, 9.17) is 16.7 Å². The second kappa shape index (κ2) is 4.75. The summed E-state index contributed by atoms with van der Waals surface area (Å²) in [6, 6.07) is 0. The summed E-state index contributed by atoms with van der Waals surface area (Å²) in [5, 5.41) is 8.43. The highest BCUT2D eigenvalue weighted by Gasteiger charge is 1.93. The number of hydrogen-bond donors (Lipinski definition) is 1. The number of aliphatic hydroxyl groups excluding tert-OH is 1. The van der Waals surface area contributed by atoms with Gasteiger partial charge in [0, 0.05) is 5.75 Å². The quantitative estimate of drug-likeness (QED) is 0.597. The first kappa shape index (κ1) is 7.60. The highest BCUT2D eigenvalue weighted by molar-refractivity contribution is 7.99. The Balaban J connectivity index is 2.68. The summed E-state index contributed by atoms with van der Waals surface area (Å²) in [4.78, 5) is 0. The van der Waals surface area contributed by atoms with Crippen LogP contribution < -0.4 is 0 Å². The zero-order valence-corrected chi connectivity index (χ0v) is 5.80. The SMILES string of the molecule is CCSCC(O)Cl. The summed E-state index contributed by atoms with van der Waals surface area (Å²) in [5.74, 6) is 1.65. The Kier molecular flexibility index (Phi) is 5.16. The van der Waals surface area contributed by atoms with Crippen LogP contribution in [0, 0.1) is 0 Å². The maximum atomic E-state index is 8.43. The largest absolute Gasteiger partial charge is 0.377 e. The van der Waals surface area contributed by atoms with Crippen LogP contribution in [0.15, 0.2) is 0 Å². The van der Waals surface area contributed by atoms with Gasteiger partial charge < -0.3 is 5.11 Å². The fraction of sp³-hybridized carbons (Fsp3) is 1.00. The summed E-state index contributed by atoms with van der Waals surface area (Å²) in [6.07, 6.45) is 0. The topological polar surface area (TPSA) is 20.2 Å². The van der Waals surface area contributed by atoms with Crippen molar-refractivity contribution in [3.05, 3.63) is 0 Å². The van der Waals surface area contributed by atoms with Crippen LogP contribution in [0.1, 0.15) is 6.92 Å². The molecule has 0 rings (SSSR count). The van der Waals surface area contributed by atoms with E-state index in [0.29, 0.717) is 5.75 Å². The van der Waals surface area contributed by atoms with Crippen molar-refractivity contribution in [3.63, 3.8) is 0 Å². The lowest BCUT2D eigenvalue weighted by atomic mass is 10.9. The molecule has 0 aliphatic heterocycles. The normalized spacial score (nSPS) is 14.1. The molecule has 1 unspecified atom stereocenters. The van der Waals surface area contributed by atoms with Gasteiger partial charge in [-0.3, -0.25) is 0 Å². The van der Waals surface area contributed by atoms with E-state index in [1.54, 1.807) is 11.8 Å². The van der Waals surface area contributed by atoms with Crippen molar-refractivity contribution in [1.82, 2.24) is 0 Å². The first-order valence-electron chi connectivity index (χ1n) is 2.17. The fourth-order valence-electron chi connectivity index (χ4n) is 0.215. The molecule has 7 heavy (non-hydrogen) atoms. The Labute approximate surface area is 53.1 Å². The molecule has 0 saturated carbocycles. The molecule has 0 saturated heterocycles. The number of rotatable bonds is 3. The molecule has 0 aromatic heterocycles. The Hall–Kier alpha value is 0.600. The number of thioether (sulfide) groups is 1. The lowest BCUT2D eigenvalue weighted by Crippen LogP contribution is -1.98. The minimum absolute atomic E-state index is 0.637. The lowest BCUT2D eigenvalue weighted by Gasteiger charge is -1.96. The van der Waals surface area contributed by atoms with Crippen molar-refractivity contribution in [1.29, 1.82) is 0 Å². The van der Waals surface area contributed by atoms with E-state index in [-0.39, 0.29) is 0 Å². The maximum Gasteiger partial charge on any atom is 0.136 e. The Morgan fingerprint density at radius 1 is 1.86 bits per heavy atom. The molecule has 0 heterocycles. The number of halogens is 1. The molecule has 0 aromatic carbocycles. The van der Waals surface area contributed by atoms with Gasteiger partial charge in [-0.2, -0.15) is 11.8 Å². The average molecular weight is 141 g/mol. The smallest absolute Gasteiger partial charge is 0.136 e. The van der Waals surface area contributed by atoms with Gasteiger partial charge in [0.1, 0.15) is 5.56 Å². The van der Waals surface area contributed by atoms with Crippen LogP contribution in [0.25, 0.3) is 0 Å². The van der Waals surface area contributed by atoms with Gasteiger partial charge in [0.15, 0.2) is 0 Å². The summed E-state index contributed by atoms with van der Waals surface area (Å²) in [6.45, 7) is 2.03. The molecule has 0 spiro atoms. The molecule has 0 aliphatic carbocycles. The predicted octanol–water partition coefficient (Wildman–Crippen LogP) is 1.30. The lowest BCUT2D eigenvalue weighted by molar-refractivity contribution is 0.281. The third-order valence-electron chi connectivity index (χ3n) is 0.460. The van der Waals surface area contributed by atoms with Gasteiger partial charge >= 0.3 is 0 Å². The first-order chi connectivity index (χ1) is 3.27. The van der Waals surface area contributed by atoms with E-state index in [1.807, 2.05) is 6.92 Å². The minimum atomic E-state index is -0.662. The van der Waals surface area contributed by atoms with Crippen LogP contribution in [0.4, 0.5) is 0 Å². The molecule has 3 heteroatoms. The zero-order valence-electron chi connectivity index (χ0n) is 4.22. The van der Waals surface area contributed by atoms with Crippen molar-refractivity contribution < 1.29 is 5.11 Å². The van der Waals surface area contributed by atoms with E-state index in [1.165, 1.54) is 0 Å². The van der Waals surface area contributed by atoms with E-state index < -0.39 is 5.56 Å². The third kappa shape index (κ3) is 6.60. The summed E-state index contributed by atoms with van der Waals surface area (Å²) in [5.41, 5.74) is -0.662. The van der Waals surface area contributed by atoms with Crippen LogP contribution in [0.2, 0.25) is 0 Å². The van der Waals surface area contributed by atoms with Crippen LogP contribution in [0.5, 0.6) is 0 Å². The highest BCUT2D eigenvalue weighted by Crippen LogP contribution is 2.03. The van der Waals surface area contributed by atoms with Gasteiger partial charge in [-0.1, -0.05) is 18.5 Å². The van der Waals surface area contributed by atoms with Crippen molar-refractivity contribution in [3.8, 4) is 0 Å². The molecule has 1 atom stereocenters. The van der Waals surface area contributed by atoms with Crippen LogP contribution in [0.3, 0.4) is 0 Å². The molecule has 0 amide bonds. The molecule has 0 bridgehead atoms. The van der Waals surface area contributed by atoms with Crippen molar-refractivity contribution in [2.24, 2.45) is 0 Å². The van der Waals surface area contributed by atoms with Crippen LogP contribution in [-0.2, 0) is 0 Å². The molecule has 1 nitrogen and oxygen atoms in total. The summed E-state index contributed by atoms with van der Waals surface area (Å²) < 4.78 is 0. The first-order valence-corrected chi connectivity index (χ1v) is 3.76. The molecule has 0 radical (unpaired) electrons. The highest BCUT2D eigenvalue weighted by atomic mass is 35.5. The number of aliphatic hydroxyl groups is 1. The molecular formula is C4H9ClOS. The fourth-order valence-corrected chi connectivity index (χ4v) is 0.913. The third-order valence-corrected chi connectivity index (χ3v) is 1.76. The van der Waals surface area contributed by atoms with Gasteiger partial charge in [0.05, 0.1) is 0 Å². The maximum absolute atomic E-state index is 8.43. The van der Waals surface area contributed by atoms with Gasteiger partial charge in [-0.25, -0.2) is 0 Å². The molecule has 0 aliphatic rings. The van der Waals surface area contributed by atoms with Gasteiger partial charge in [-0.15, -0.1) is 0 Å².